The lowest BCUT2D eigenvalue weighted by atomic mass is 9.95. The van der Waals surface area contributed by atoms with Crippen LogP contribution in [0.1, 0.15) is 19.3 Å². The second-order valence-corrected chi connectivity index (χ2v) is 3.83. The maximum atomic E-state index is 11.0. The summed E-state index contributed by atoms with van der Waals surface area (Å²) < 4.78 is 4.62. The number of aliphatic hydroxyl groups is 1. The van der Waals surface area contributed by atoms with Crippen LogP contribution in [-0.4, -0.2) is 49.3 Å². The Kier molecular flexibility index (Phi) is 4.90. The molecule has 14 heavy (non-hydrogen) atoms. The molecule has 0 saturated carbocycles. The summed E-state index contributed by atoms with van der Waals surface area (Å²) in [7, 11) is 1.41. The summed E-state index contributed by atoms with van der Waals surface area (Å²) in [6.07, 6.45) is 3.12. The zero-order valence-corrected chi connectivity index (χ0v) is 8.74. The number of aliphatic hydroxyl groups excluding tert-OH is 1. The number of hydrogen-bond acceptors (Lipinski definition) is 4. The van der Waals surface area contributed by atoms with E-state index in [-0.39, 0.29) is 12.6 Å². The molecule has 0 aromatic rings. The van der Waals surface area contributed by atoms with Crippen LogP contribution in [0.3, 0.4) is 0 Å². The van der Waals surface area contributed by atoms with Crippen molar-refractivity contribution in [3.05, 3.63) is 0 Å². The molecule has 1 fully saturated rings. The fourth-order valence-electron chi connectivity index (χ4n) is 1.96. The number of methoxy groups -OCH3 is 1. The molecule has 0 amide bonds. The van der Waals surface area contributed by atoms with Gasteiger partial charge < -0.3 is 9.84 Å². The van der Waals surface area contributed by atoms with E-state index in [1.807, 2.05) is 0 Å². The molecule has 0 radical (unpaired) electrons. The largest absolute Gasteiger partial charge is 0.468 e. The summed E-state index contributed by atoms with van der Waals surface area (Å²) in [5.74, 6) is 0.369. The molecule has 82 valence electrons. The molecule has 1 aliphatic rings. The average Bonchev–Trinajstić information content (AvgIpc) is 2.19. The molecule has 1 rings (SSSR count). The Morgan fingerprint density at radius 3 is 3.07 bits per heavy atom. The highest BCUT2D eigenvalue weighted by atomic mass is 16.5. The van der Waals surface area contributed by atoms with Crippen molar-refractivity contribution in [2.45, 2.75) is 19.3 Å². The molecule has 0 spiro atoms. The Morgan fingerprint density at radius 2 is 2.43 bits per heavy atom. The summed E-state index contributed by atoms with van der Waals surface area (Å²) in [4.78, 5) is 13.1. The number of carbonyl (C=O) groups excluding carboxylic acids is 1. The highest BCUT2D eigenvalue weighted by Crippen LogP contribution is 2.18. The van der Waals surface area contributed by atoms with E-state index in [1.54, 1.807) is 0 Å². The Balaban J connectivity index is 2.28. The molecular weight excluding hydrogens is 182 g/mol. The second-order valence-electron chi connectivity index (χ2n) is 3.83. The Bertz CT molecular complexity index is 182. The molecule has 0 aromatic carbocycles. The van der Waals surface area contributed by atoms with E-state index in [2.05, 4.69) is 9.64 Å². The lowest BCUT2D eigenvalue weighted by Gasteiger charge is -2.31. The molecular formula is C10H19NO3. The maximum absolute atomic E-state index is 11.0. The van der Waals surface area contributed by atoms with Crippen molar-refractivity contribution in [3.63, 3.8) is 0 Å². The lowest BCUT2D eigenvalue weighted by molar-refractivity contribution is -0.142. The smallest absolute Gasteiger partial charge is 0.319 e. The number of carbonyl (C=O) groups is 1. The molecule has 4 nitrogen and oxygen atoms in total. The molecule has 1 N–H and O–H groups in total. The van der Waals surface area contributed by atoms with Gasteiger partial charge in [-0.05, 0) is 31.7 Å². The van der Waals surface area contributed by atoms with Crippen LogP contribution in [0.4, 0.5) is 0 Å². The highest BCUT2D eigenvalue weighted by molar-refractivity contribution is 5.71. The van der Waals surface area contributed by atoms with Gasteiger partial charge in [0.1, 0.15) is 0 Å². The van der Waals surface area contributed by atoms with Crippen molar-refractivity contribution in [2.75, 3.05) is 33.4 Å². The number of rotatable bonds is 4. The average molecular weight is 201 g/mol. The summed E-state index contributed by atoms with van der Waals surface area (Å²) in [6, 6.07) is 0. The zero-order chi connectivity index (χ0) is 10.4. The van der Waals surface area contributed by atoms with Crippen LogP contribution in [-0.2, 0) is 9.53 Å². The first kappa shape index (κ1) is 11.5. The predicted molar refractivity (Wildman–Crippen MR) is 52.9 cm³/mol. The fourth-order valence-corrected chi connectivity index (χ4v) is 1.96. The van der Waals surface area contributed by atoms with E-state index in [0.29, 0.717) is 12.5 Å². The van der Waals surface area contributed by atoms with Crippen LogP contribution >= 0.6 is 0 Å². The number of hydrogen-bond donors (Lipinski definition) is 1. The zero-order valence-electron chi connectivity index (χ0n) is 8.74. The minimum atomic E-state index is -0.172. The van der Waals surface area contributed by atoms with Gasteiger partial charge in [0.15, 0.2) is 0 Å². The van der Waals surface area contributed by atoms with E-state index in [0.717, 1.165) is 32.4 Å². The van der Waals surface area contributed by atoms with Gasteiger partial charge in [-0.1, -0.05) is 0 Å². The van der Waals surface area contributed by atoms with Crippen molar-refractivity contribution in [1.29, 1.82) is 0 Å². The van der Waals surface area contributed by atoms with Gasteiger partial charge in [0.25, 0.3) is 0 Å². The molecule has 1 saturated heterocycles. The van der Waals surface area contributed by atoms with Crippen LogP contribution in [0.25, 0.3) is 0 Å². The fraction of sp³-hybridized carbons (Fsp3) is 0.900. The van der Waals surface area contributed by atoms with Gasteiger partial charge in [0.05, 0.1) is 13.7 Å². The standard InChI is InChI=1S/C10H19NO3/c1-14-10(13)8-11-5-2-3-9(7-11)4-6-12/h9,12H,2-8H2,1H3. The van der Waals surface area contributed by atoms with Crippen molar-refractivity contribution >= 4 is 5.97 Å². The highest BCUT2D eigenvalue weighted by Gasteiger charge is 2.21. The van der Waals surface area contributed by atoms with Crippen molar-refractivity contribution in [1.82, 2.24) is 4.90 Å². The Hall–Kier alpha value is -0.610. The Morgan fingerprint density at radius 1 is 1.64 bits per heavy atom. The van der Waals surface area contributed by atoms with Gasteiger partial charge >= 0.3 is 5.97 Å². The van der Waals surface area contributed by atoms with Crippen LogP contribution in [0.2, 0.25) is 0 Å². The third-order valence-corrected chi connectivity index (χ3v) is 2.72. The van der Waals surface area contributed by atoms with Gasteiger partial charge in [-0.15, -0.1) is 0 Å². The SMILES string of the molecule is COC(=O)CN1CCCC(CCO)C1. The van der Waals surface area contributed by atoms with E-state index in [1.165, 1.54) is 7.11 Å². The quantitative estimate of drug-likeness (QED) is 0.663. The Labute approximate surface area is 84.8 Å². The van der Waals surface area contributed by atoms with Gasteiger partial charge in [0.2, 0.25) is 0 Å². The molecule has 1 atom stereocenters. The molecule has 1 unspecified atom stereocenters. The molecule has 0 aromatic heterocycles. The monoisotopic (exact) mass is 201 g/mol. The van der Waals surface area contributed by atoms with Crippen molar-refractivity contribution in [2.24, 2.45) is 5.92 Å². The number of piperidine rings is 1. The second kappa shape index (κ2) is 5.98. The molecule has 0 bridgehead atoms. The van der Waals surface area contributed by atoms with Crippen LogP contribution in [0.5, 0.6) is 0 Å². The molecule has 0 aliphatic carbocycles. The minimum absolute atomic E-state index is 0.172. The van der Waals surface area contributed by atoms with Crippen LogP contribution in [0.15, 0.2) is 0 Å². The number of likely N-dealkylation sites (tertiary alicyclic amines) is 1. The van der Waals surface area contributed by atoms with Gasteiger partial charge in [-0.3, -0.25) is 9.69 Å². The van der Waals surface area contributed by atoms with Crippen molar-refractivity contribution < 1.29 is 14.6 Å². The van der Waals surface area contributed by atoms with E-state index in [4.69, 9.17) is 5.11 Å². The summed E-state index contributed by atoms with van der Waals surface area (Å²) in [5.41, 5.74) is 0. The first-order chi connectivity index (χ1) is 6.76. The molecule has 4 heteroatoms. The van der Waals surface area contributed by atoms with Crippen molar-refractivity contribution in [3.8, 4) is 0 Å². The van der Waals surface area contributed by atoms with E-state index >= 15 is 0 Å². The van der Waals surface area contributed by atoms with Crippen LogP contribution in [0, 0.1) is 5.92 Å². The van der Waals surface area contributed by atoms with Gasteiger partial charge in [0, 0.05) is 13.2 Å². The molecule has 1 aliphatic heterocycles. The minimum Gasteiger partial charge on any atom is -0.468 e. The topological polar surface area (TPSA) is 49.8 Å². The molecule has 1 heterocycles. The third kappa shape index (κ3) is 3.64. The lowest BCUT2D eigenvalue weighted by Crippen LogP contribution is -2.39. The van der Waals surface area contributed by atoms with E-state index in [9.17, 15) is 4.79 Å². The third-order valence-electron chi connectivity index (χ3n) is 2.72. The first-order valence-electron chi connectivity index (χ1n) is 5.16. The number of ether oxygens (including phenoxy) is 1. The normalized spacial score (nSPS) is 23.4. The number of esters is 1. The van der Waals surface area contributed by atoms with Gasteiger partial charge in [-0.25, -0.2) is 0 Å². The summed E-state index contributed by atoms with van der Waals surface area (Å²) >= 11 is 0. The first-order valence-corrected chi connectivity index (χ1v) is 5.16. The summed E-state index contributed by atoms with van der Waals surface area (Å²) in [6.45, 7) is 2.52. The number of nitrogens with zero attached hydrogens (tertiary/aromatic N) is 1. The predicted octanol–water partition coefficient (Wildman–Crippen LogP) is 0.254. The maximum Gasteiger partial charge on any atom is 0.319 e. The van der Waals surface area contributed by atoms with Gasteiger partial charge in [-0.2, -0.15) is 0 Å². The summed E-state index contributed by atoms with van der Waals surface area (Å²) in [5, 5.41) is 8.82. The van der Waals surface area contributed by atoms with E-state index < -0.39 is 0 Å². The van der Waals surface area contributed by atoms with Crippen LogP contribution < -0.4 is 0 Å².